The third-order valence-corrected chi connectivity index (χ3v) is 3.51. The van der Waals surface area contributed by atoms with Crippen LogP contribution in [0.1, 0.15) is 37.3 Å². The number of fused-ring (bicyclic) bond motifs is 1. The lowest BCUT2D eigenvalue weighted by Crippen LogP contribution is -2.30. The van der Waals surface area contributed by atoms with Crippen LogP contribution < -0.4 is 5.32 Å². The highest BCUT2D eigenvalue weighted by atomic mass is 35.5. The Bertz CT molecular complexity index is 629. The summed E-state index contributed by atoms with van der Waals surface area (Å²) in [5.41, 5.74) is 1.87. The SMILES string of the molecule is COCCCCn1c(C(=O)NCC(C)C)nc2ccccc21.Cl.Cl. The fraction of sp³-hybridized carbons (Fsp3) is 0.529. The maximum Gasteiger partial charge on any atom is 0.287 e. The second-order valence-electron chi connectivity index (χ2n) is 5.88. The van der Waals surface area contributed by atoms with Crippen LogP contribution in [0, 0.1) is 5.92 Å². The summed E-state index contributed by atoms with van der Waals surface area (Å²) in [6.07, 6.45) is 1.93. The van der Waals surface area contributed by atoms with Gasteiger partial charge in [-0.1, -0.05) is 26.0 Å². The number of aryl methyl sites for hydroxylation is 1. The Morgan fingerprint density at radius 1 is 1.25 bits per heavy atom. The number of amides is 1. The van der Waals surface area contributed by atoms with E-state index < -0.39 is 0 Å². The Kier molecular flexibility index (Phi) is 10.7. The fourth-order valence-electron chi connectivity index (χ4n) is 2.37. The van der Waals surface area contributed by atoms with Crippen molar-refractivity contribution >= 4 is 41.8 Å². The number of aromatic nitrogens is 2. The molecule has 1 heterocycles. The third kappa shape index (κ3) is 5.96. The minimum atomic E-state index is -0.100. The van der Waals surface area contributed by atoms with E-state index in [-0.39, 0.29) is 30.7 Å². The normalized spacial score (nSPS) is 10.3. The first-order valence-electron chi connectivity index (χ1n) is 7.86. The number of methoxy groups -OCH3 is 1. The van der Waals surface area contributed by atoms with Gasteiger partial charge in [-0.2, -0.15) is 0 Å². The van der Waals surface area contributed by atoms with Gasteiger partial charge in [0.1, 0.15) is 0 Å². The number of unbranched alkanes of at least 4 members (excludes halogenated alkanes) is 1. The molecule has 0 aliphatic heterocycles. The van der Waals surface area contributed by atoms with E-state index in [9.17, 15) is 4.79 Å². The Labute approximate surface area is 156 Å². The number of nitrogens with zero attached hydrogens (tertiary/aromatic N) is 2. The number of imidazole rings is 1. The maximum atomic E-state index is 12.4. The van der Waals surface area contributed by atoms with E-state index >= 15 is 0 Å². The van der Waals surface area contributed by atoms with Gasteiger partial charge in [0.15, 0.2) is 5.82 Å². The molecule has 2 rings (SSSR count). The van der Waals surface area contributed by atoms with E-state index in [1.807, 2.05) is 28.8 Å². The van der Waals surface area contributed by atoms with Gasteiger partial charge in [-0.05, 0) is 30.9 Å². The van der Waals surface area contributed by atoms with Crippen molar-refractivity contribution in [1.29, 1.82) is 0 Å². The second-order valence-corrected chi connectivity index (χ2v) is 5.88. The van der Waals surface area contributed by atoms with Crippen LogP contribution in [0.15, 0.2) is 24.3 Å². The van der Waals surface area contributed by atoms with Crippen LogP contribution in [0.3, 0.4) is 0 Å². The van der Waals surface area contributed by atoms with Crippen molar-refractivity contribution in [3.05, 3.63) is 30.1 Å². The molecule has 1 aromatic carbocycles. The van der Waals surface area contributed by atoms with Gasteiger partial charge in [0.2, 0.25) is 0 Å². The van der Waals surface area contributed by atoms with E-state index in [2.05, 4.69) is 24.1 Å². The van der Waals surface area contributed by atoms with Crippen molar-refractivity contribution < 1.29 is 9.53 Å². The highest BCUT2D eigenvalue weighted by molar-refractivity contribution is 5.94. The summed E-state index contributed by atoms with van der Waals surface area (Å²) in [4.78, 5) is 16.9. The summed E-state index contributed by atoms with van der Waals surface area (Å²) < 4.78 is 7.10. The Hall–Kier alpha value is -1.30. The molecule has 0 radical (unpaired) electrons. The van der Waals surface area contributed by atoms with E-state index in [4.69, 9.17) is 4.74 Å². The van der Waals surface area contributed by atoms with Crippen LogP contribution in [-0.4, -0.2) is 35.7 Å². The maximum absolute atomic E-state index is 12.4. The van der Waals surface area contributed by atoms with E-state index in [1.54, 1.807) is 7.11 Å². The molecule has 0 bridgehead atoms. The summed E-state index contributed by atoms with van der Waals surface area (Å²) >= 11 is 0. The Morgan fingerprint density at radius 2 is 1.96 bits per heavy atom. The molecule has 1 aromatic heterocycles. The molecule has 136 valence electrons. The summed E-state index contributed by atoms with van der Waals surface area (Å²) in [6.45, 7) is 6.32. The first kappa shape index (κ1) is 22.7. The predicted molar refractivity (Wildman–Crippen MR) is 103 cm³/mol. The first-order chi connectivity index (χ1) is 10.6. The summed E-state index contributed by atoms with van der Waals surface area (Å²) in [6, 6.07) is 7.88. The Morgan fingerprint density at radius 3 is 2.62 bits per heavy atom. The zero-order valence-electron chi connectivity index (χ0n) is 14.4. The minimum Gasteiger partial charge on any atom is -0.385 e. The summed E-state index contributed by atoms with van der Waals surface area (Å²) in [5.74, 6) is 0.819. The number of para-hydroxylation sites is 2. The average Bonchev–Trinajstić information content (AvgIpc) is 2.88. The van der Waals surface area contributed by atoms with Gasteiger partial charge in [-0.3, -0.25) is 4.79 Å². The zero-order chi connectivity index (χ0) is 15.9. The molecule has 1 amide bonds. The topological polar surface area (TPSA) is 56.1 Å². The average molecular weight is 376 g/mol. The molecular formula is C17H27Cl2N3O2. The molecule has 0 aliphatic rings. The van der Waals surface area contributed by atoms with Gasteiger partial charge in [0, 0.05) is 26.8 Å². The molecular weight excluding hydrogens is 349 g/mol. The minimum absolute atomic E-state index is 0. The predicted octanol–water partition coefficient (Wildman–Crippen LogP) is 3.69. The number of carbonyl (C=O) groups excluding carboxylic acids is 1. The fourth-order valence-corrected chi connectivity index (χ4v) is 2.37. The third-order valence-electron chi connectivity index (χ3n) is 3.51. The highest BCUT2D eigenvalue weighted by Crippen LogP contribution is 2.17. The van der Waals surface area contributed by atoms with Crippen LogP contribution in [0.5, 0.6) is 0 Å². The lowest BCUT2D eigenvalue weighted by atomic mass is 10.2. The quantitative estimate of drug-likeness (QED) is 0.715. The standard InChI is InChI=1S/C17H25N3O2.2ClH/c1-13(2)12-18-17(21)16-19-14-8-4-5-9-15(14)20(16)10-6-7-11-22-3;;/h4-5,8-9,13H,6-7,10-12H2,1-3H3,(H,18,21);2*1H. The van der Waals surface area contributed by atoms with Crippen LogP contribution >= 0.6 is 24.8 Å². The van der Waals surface area contributed by atoms with Gasteiger partial charge >= 0.3 is 0 Å². The molecule has 5 nitrogen and oxygen atoms in total. The van der Waals surface area contributed by atoms with Crippen molar-refractivity contribution in [2.45, 2.75) is 33.2 Å². The number of hydrogen-bond donors (Lipinski definition) is 1. The molecule has 0 aliphatic carbocycles. The first-order valence-corrected chi connectivity index (χ1v) is 7.86. The number of hydrogen-bond acceptors (Lipinski definition) is 3. The van der Waals surface area contributed by atoms with E-state index in [1.165, 1.54) is 0 Å². The largest absolute Gasteiger partial charge is 0.385 e. The van der Waals surface area contributed by atoms with Gasteiger partial charge in [0.25, 0.3) is 5.91 Å². The number of halogens is 2. The van der Waals surface area contributed by atoms with Crippen LogP contribution in [0.2, 0.25) is 0 Å². The Balaban J connectivity index is 0.00000264. The summed E-state index contributed by atoms with van der Waals surface area (Å²) in [5, 5.41) is 2.95. The van der Waals surface area contributed by atoms with E-state index in [0.717, 1.165) is 37.0 Å². The van der Waals surface area contributed by atoms with Crippen LogP contribution in [0.4, 0.5) is 0 Å². The lowest BCUT2D eigenvalue weighted by Gasteiger charge is -2.10. The number of ether oxygens (including phenoxy) is 1. The van der Waals surface area contributed by atoms with Crippen molar-refractivity contribution in [2.24, 2.45) is 5.92 Å². The second kappa shape index (κ2) is 11.3. The zero-order valence-corrected chi connectivity index (χ0v) is 16.1. The molecule has 2 aromatic rings. The van der Waals surface area contributed by atoms with Gasteiger partial charge in [0.05, 0.1) is 11.0 Å². The lowest BCUT2D eigenvalue weighted by molar-refractivity contribution is 0.0934. The van der Waals surface area contributed by atoms with Gasteiger partial charge in [-0.25, -0.2) is 4.98 Å². The molecule has 0 spiro atoms. The molecule has 7 heteroatoms. The van der Waals surface area contributed by atoms with Crippen molar-refractivity contribution in [2.75, 3.05) is 20.3 Å². The van der Waals surface area contributed by atoms with Gasteiger partial charge < -0.3 is 14.6 Å². The van der Waals surface area contributed by atoms with E-state index in [0.29, 0.717) is 18.3 Å². The number of rotatable bonds is 8. The molecule has 0 saturated carbocycles. The smallest absolute Gasteiger partial charge is 0.287 e. The van der Waals surface area contributed by atoms with Crippen LogP contribution in [0.25, 0.3) is 11.0 Å². The van der Waals surface area contributed by atoms with Crippen molar-refractivity contribution in [3.8, 4) is 0 Å². The number of carbonyl (C=O) groups is 1. The van der Waals surface area contributed by atoms with Crippen molar-refractivity contribution in [3.63, 3.8) is 0 Å². The highest BCUT2D eigenvalue weighted by Gasteiger charge is 2.17. The molecule has 0 saturated heterocycles. The molecule has 0 atom stereocenters. The molecule has 24 heavy (non-hydrogen) atoms. The van der Waals surface area contributed by atoms with Gasteiger partial charge in [-0.15, -0.1) is 24.8 Å². The van der Waals surface area contributed by atoms with Crippen molar-refractivity contribution in [1.82, 2.24) is 14.9 Å². The molecule has 0 fully saturated rings. The van der Waals surface area contributed by atoms with Crippen LogP contribution in [-0.2, 0) is 11.3 Å². The summed E-state index contributed by atoms with van der Waals surface area (Å²) in [7, 11) is 1.71. The molecule has 0 unspecified atom stereocenters. The number of nitrogens with one attached hydrogen (secondary N) is 1. The monoisotopic (exact) mass is 375 g/mol. The number of benzene rings is 1. The molecule has 1 N–H and O–H groups in total.